The van der Waals surface area contributed by atoms with Crippen LogP contribution in [0.1, 0.15) is 10.4 Å². The summed E-state index contributed by atoms with van der Waals surface area (Å²) in [6.45, 7) is 0. The van der Waals surface area contributed by atoms with Crippen molar-refractivity contribution in [3.05, 3.63) is 46.2 Å². The highest BCUT2D eigenvalue weighted by Gasteiger charge is 2.13. The van der Waals surface area contributed by atoms with Gasteiger partial charge in [-0.2, -0.15) is 0 Å². The molecule has 1 amide bonds. The molecule has 1 aromatic heterocycles. The maximum atomic E-state index is 12.0. The Hall–Kier alpha value is -1.98. The van der Waals surface area contributed by atoms with Crippen molar-refractivity contribution in [1.29, 1.82) is 0 Å². The van der Waals surface area contributed by atoms with E-state index in [1.54, 1.807) is 6.07 Å². The van der Waals surface area contributed by atoms with Crippen LogP contribution in [0.4, 0.5) is 5.69 Å². The Kier molecular flexibility index (Phi) is 4.32. The van der Waals surface area contributed by atoms with E-state index >= 15 is 0 Å². The van der Waals surface area contributed by atoms with Crippen LogP contribution in [0.3, 0.4) is 0 Å². The summed E-state index contributed by atoms with van der Waals surface area (Å²) in [4.78, 5) is 15.8. The van der Waals surface area contributed by atoms with Crippen LogP contribution in [0.15, 0.2) is 30.3 Å². The molecular weight excluding hydrogens is 303 g/mol. The molecule has 0 atom stereocenters. The monoisotopic (exact) mass is 312 g/mol. The van der Waals surface area contributed by atoms with Crippen LogP contribution < -0.4 is 10.1 Å². The smallest absolute Gasteiger partial charge is 0.258 e. The Morgan fingerprint density at radius 2 is 2.05 bits per heavy atom. The van der Waals surface area contributed by atoms with Gasteiger partial charge in [0, 0.05) is 11.8 Å². The third-order valence-corrected chi connectivity index (χ3v) is 2.99. The van der Waals surface area contributed by atoms with Crippen LogP contribution in [-0.2, 0) is 0 Å². The first kappa shape index (κ1) is 14.4. The maximum Gasteiger partial charge on any atom is 0.258 e. The van der Waals surface area contributed by atoms with Gasteiger partial charge in [-0.3, -0.25) is 4.79 Å². The SMILES string of the molecule is COc1ccc(NC(=O)c2ccc(Cl)nc2Cl)cc1O. The summed E-state index contributed by atoms with van der Waals surface area (Å²) >= 11 is 11.5. The van der Waals surface area contributed by atoms with Crippen molar-refractivity contribution in [2.24, 2.45) is 0 Å². The van der Waals surface area contributed by atoms with Gasteiger partial charge in [0.05, 0.1) is 12.7 Å². The summed E-state index contributed by atoms with van der Waals surface area (Å²) in [5, 5.41) is 12.4. The van der Waals surface area contributed by atoms with Crippen molar-refractivity contribution in [2.75, 3.05) is 12.4 Å². The number of aromatic hydroxyl groups is 1. The number of pyridine rings is 1. The maximum absolute atomic E-state index is 12.0. The van der Waals surface area contributed by atoms with Crippen LogP contribution in [0.25, 0.3) is 0 Å². The molecular formula is C13H10Cl2N2O3. The van der Waals surface area contributed by atoms with E-state index in [2.05, 4.69) is 10.3 Å². The zero-order chi connectivity index (χ0) is 14.7. The highest BCUT2D eigenvalue weighted by atomic mass is 35.5. The number of halogens is 2. The third kappa shape index (κ3) is 3.12. The molecule has 2 N–H and O–H groups in total. The van der Waals surface area contributed by atoms with Crippen LogP contribution >= 0.6 is 23.2 Å². The molecule has 1 aromatic carbocycles. The van der Waals surface area contributed by atoms with Crippen molar-refractivity contribution < 1.29 is 14.6 Å². The molecule has 0 spiro atoms. The Labute approximate surface area is 125 Å². The number of amides is 1. The average Bonchev–Trinajstić information content (AvgIpc) is 2.38. The van der Waals surface area contributed by atoms with E-state index in [-0.39, 0.29) is 21.6 Å². The fourth-order valence-electron chi connectivity index (χ4n) is 1.55. The molecule has 0 aliphatic rings. The van der Waals surface area contributed by atoms with Crippen molar-refractivity contribution in [1.82, 2.24) is 4.98 Å². The summed E-state index contributed by atoms with van der Waals surface area (Å²) in [5.41, 5.74) is 0.589. The van der Waals surface area contributed by atoms with E-state index in [1.807, 2.05) is 0 Å². The summed E-state index contributed by atoms with van der Waals surface area (Å²) in [6.07, 6.45) is 0. The molecule has 0 saturated heterocycles. The number of phenolic OH excluding ortho intramolecular Hbond substituents is 1. The van der Waals surface area contributed by atoms with E-state index in [9.17, 15) is 9.90 Å². The van der Waals surface area contributed by atoms with Gasteiger partial charge in [-0.05, 0) is 24.3 Å². The van der Waals surface area contributed by atoms with Crippen LogP contribution in [-0.4, -0.2) is 23.1 Å². The quantitative estimate of drug-likeness (QED) is 0.852. The average molecular weight is 313 g/mol. The molecule has 0 radical (unpaired) electrons. The van der Waals surface area contributed by atoms with Crippen molar-refractivity contribution in [3.63, 3.8) is 0 Å². The second-order valence-corrected chi connectivity index (χ2v) is 4.56. The van der Waals surface area contributed by atoms with Gasteiger partial charge in [0.15, 0.2) is 11.5 Å². The van der Waals surface area contributed by atoms with E-state index < -0.39 is 5.91 Å². The molecule has 0 bridgehead atoms. The number of phenols is 1. The zero-order valence-electron chi connectivity index (χ0n) is 10.4. The van der Waals surface area contributed by atoms with Gasteiger partial charge >= 0.3 is 0 Å². The third-order valence-electron chi connectivity index (χ3n) is 2.50. The number of methoxy groups -OCH3 is 1. The standard InChI is InChI=1S/C13H10Cl2N2O3/c1-20-10-4-2-7(6-9(10)18)16-13(19)8-3-5-11(14)17-12(8)15/h2-6,18H,1H3,(H,16,19). The second-order valence-electron chi connectivity index (χ2n) is 3.81. The summed E-state index contributed by atoms with van der Waals surface area (Å²) in [7, 11) is 1.44. The number of nitrogens with zero attached hydrogens (tertiary/aromatic N) is 1. The second kappa shape index (κ2) is 5.98. The summed E-state index contributed by atoms with van der Waals surface area (Å²) < 4.78 is 4.91. The first-order valence-corrected chi connectivity index (χ1v) is 6.27. The van der Waals surface area contributed by atoms with Crippen LogP contribution in [0, 0.1) is 0 Å². The van der Waals surface area contributed by atoms with Gasteiger partial charge in [0.1, 0.15) is 10.3 Å². The lowest BCUT2D eigenvalue weighted by atomic mass is 10.2. The Morgan fingerprint density at radius 1 is 1.30 bits per heavy atom. The molecule has 0 unspecified atom stereocenters. The number of hydrogen-bond acceptors (Lipinski definition) is 4. The minimum atomic E-state index is -0.455. The van der Waals surface area contributed by atoms with Crippen LogP contribution in [0.2, 0.25) is 10.3 Å². The van der Waals surface area contributed by atoms with Gasteiger partial charge < -0.3 is 15.2 Å². The van der Waals surface area contributed by atoms with Crippen molar-refractivity contribution in [2.45, 2.75) is 0 Å². The lowest BCUT2D eigenvalue weighted by Crippen LogP contribution is -2.13. The highest BCUT2D eigenvalue weighted by Crippen LogP contribution is 2.29. The largest absolute Gasteiger partial charge is 0.504 e. The molecule has 0 saturated carbocycles. The molecule has 5 nitrogen and oxygen atoms in total. The van der Waals surface area contributed by atoms with Gasteiger partial charge in [0.25, 0.3) is 5.91 Å². The van der Waals surface area contributed by atoms with Gasteiger partial charge in [0.2, 0.25) is 0 Å². The van der Waals surface area contributed by atoms with Crippen molar-refractivity contribution >= 4 is 34.8 Å². The van der Waals surface area contributed by atoms with Gasteiger partial charge in [-0.1, -0.05) is 23.2 Å². The molecule has 104 valence electrons. The van der Waals surface area contributed by atoms with Gasteiger partial charge in [-0.15, -0.1) is 0 Å². The zero-order valence-corrected chi connectivity index (χ0v) is 11.9. The Morgan fingerprint density at radius 3 is 2.65 bits per heavy atom. The summed E-state index contributed by atoms with van der Waals surface area (Å²) in [6, 6.07) is 7.43. The number of carbonyl (C=O) groups excluding carboxylic acids is 1. The predicted octanol–water partition coefficient (Wildman–Crippen LogP) is 3.35. The molecule has 1 heterocycles. The number of aromatic nitrogens is 1. The minimum absolute atomic E-state index is 0.00716. The Balaban J connectivity index is 2.21. The number of rotatable bonds is 3. The number of carbonyl (C=O) groups is 1. The molecule has 0 aliphatic heterocycles. The fraction of sp³-hybridized carbons (Fsp3) is 0.0769. The molecule has 2 rings (SSSR count). The van der Waals surface area contributed by atoms with Crippen LogP contribution in [0.5, 0.6) is 11.5 Å². The lowest BCUT2D eigenvalue weighted by molar-refractivity contribution is 0.102. The van der Waals surface area contributed by atoms with Gasteiger partial charge in [-0.25, -0.2) is 4.98 Å². The molecule has 0 fully saturated rings. The van der Waals surface area contributed by atoms with E-state index in [0.717, 1.165) is 0 Å². The Bertz CT molecular complexity index is 662. The number of hydrogen-bond donors (Lipinski definition) is 2. The summed E-state index contributed by atoms with van der Waals surface area (Å²) in [5.74, 6) is -0.219. The first-order valence-electron chi connectivity index (χ1n) is 5.51. The molecule has 20 heavy (non-hydrogen) atoms. The minimum Gasteiger partial charge on any atom is -0.504 e. The predicted molar refractivity (Wildman–Crippen MR) is 76.9 cm³/mol. The first-order chi connectivity index (χ1) is 9.51. The lowest BCUT2D eigenvalue weighted by Gasteiger charge is -2.08. The fourth-order valence-corrected chi connectivity index (χ4v) is 1.98. The number of benzene rings is 1. The normalized spacial score (nSPS) is 10.2. The molecule has 2 aromatic rings. The van der Waals surface area contributed by atoms with E-state index in [1.165, 1.54) is 31.4 Å². The number of anilines is 1. The topological polar surface area (TPSA) is 71.5 Å². The van der Waals surface area contributed by atoms with Crippen molar-refractivity contribution in [3.8, 4) is 11.5 Å². The number of nitrogens with one attached hydrogen (secondary N) is 1. The highest BCUT2D eigenvalue weighted by molar-refractivity contribution is 6.35. The molecule has 0 aliphatic carbocycles. The van der Waals surface area contributed by atoms with E-state index in [0.29, 0.717) is 11.4 Å². The van der Waals surface area contributed by atoms with E-state index in [4.69, 9.17) is 27.9 Å². The number of ether oxygens (including phenoxy) is 1. The molecule has 7 heteroatoms.